The Morgan fingerprint density at radius 3 is 2.96 bits per heavy atom. The summed E-state index contributed by atoms with van der Waals surface area (Å²) in [5.74, 6) is 2.12. The number of aromatic amines is 1. The van der Waals surface area contributed by atoms with Gasteiger partial charge in [0.05, 0.1) is 6.54 Å². The van der Waals surface area contributed by atoms with Crippen molar-refractivity contribution in [3.8, 4) is 0 Å². The number of likely N-dealkylation sites (tertiary alicyclic amines) is 1. The minimum Gasteiger partial charge on any atom is -0.357 e. The summed E-state index contributed by atoms with van der Waals surface area (Å²) in [4.78, 5) is 21.0. The fraction of sp³-hybridized carbons (Fsp3) is 0.588. The van der Waals surface area contributed by atoms with Crippen molar-refractivity contribution in [2.75, 3.05) is 25.0 Å². The average molecular weight is 312 g/mol. The van der Waals surface area contributed by atoms with Gasteiger partial charge in [0.2, 0.25) is 0 Å². The number of imidazole rings is 1. The molecule has 0 aromatic carbocycles. The van der Waals surface area contributed by atoms with Crippen molar-refractivity contribution < 1.29 is 0 Å². The van der Waals surface area contributed by atoms with E-state index in [1.165, 1.54) is 32.4 Å². The molecule has 6 nitrogen and oxygen atoms in total. The third-order valence-corrected chi connectivity index (χ3v) is 5.48. The number of hydrogen-bond donors (Lipinski definition) is 1. The van der Waals surface area contributed by atoms with E-state index >= 15 is 0 Å². The smallest absolute Gasteiger partial charge is 0.132 e. The van der Waals surface area contributed by atoms with Gasteiger partial charge in [-0.2, -0.15) is 0 Å². The van der Waals surface area contributed by atoms with Crippen LogP contribution in [0.2, 0.25) is 0 Å². The molecule has 3 heterocycles. The third-order valence-electron chi connectivity index (χ3n) is 5.48. The van der Waals surface area contributed by atoms with Crippen LogP contribution in [0.4, 0.5) is 5.82 Å². The van der Waals surface area contributed by atoms with Gasteiger partial charge < -0.3 is 9.88 Å². The lowest BCUT2D eigenvalue weighted by Gasteiger charge is -2.49. The Labute approximate surface area is 137 Å². The molecule has 0 amide bonds. The zero-order valence-electron chi connectivity index (χ0n) is 13.9. The second-order valence-corrected chi connectivity index (χ2v) is 7.19. The van der Waals surface area contributed by atoms with Crippen LogP contribution >= 0.6 is 0 Å². The SMILES string of the molecule is Cc1cc(N(C)C2CC3(CCN(Cc4ncc[nH]4)C3)C2)ncn1. The molecule has 0 atom stereocenters. The Morgan fingerprint density at radius 2 is 2.22 bits per heavy atom. The van der Waals surface area contributed by atoms with Crippen LogP contribution < -0.4 is 4.90 Å². The summed E-state index contributed by atoms with van der Waals surface area (Å²) >= 11 is 0. The molecule has 1 saturated carbocycles. The highest BCUT2D eigenvalue weighted by atomic mass is 15.2. The summed E-state index contributed by atoms with van der Waals surface area (Å²) in [5, 5.41) is 0. The van der Waals surface area contributed by atoms with Crippen LogP contribution in [0.25, 0.3) is 0 Å². The van der Waals surface area contributed by atoms with E-state index in [0.717, 1.165) is 23.9 Å². The van der Waals surface area contributed by atoms with Gasteiger partial charge in [0.25, 0.3) is 0 Å². The standard InChI is InChI=1S/C17H24N6/c1-13-7-16(21-12-20-13)22(2)14-8-17(9-14)3-6-23(11-17)10-15-18-4-5-19-15/h4-5,7,12,14H,3,6,8-11H2,1-2H3,(H,18,19). The van der Waals surface area contributed by atoms with Gasteiger partial charge in [-0.15, -0.1) is 0 Å². The molecular formula is C17H24N6. The summed E-state index contributed by atoms with van der Waals surface area (Å²) in [5.41, 5.74) is 1.54. The molecule has 1 N–H and O–H groups in total. The lowest BCUT2D eigenvalue weighted by atomic mass is 9.64. The molecule has 122 valence electrons. The van der Waals surface area contributed by atoms with Crippen LogP contribution in [-0.4, -0.2) is 51.0 Å². The summed E-state index contributed by atoms with van der Waals surface area (Å²) in [6.07, 6.45) is 9.23. The van der Waals surface area contributed by atoms with Crippen LogP contribution in [0.1, 0.15) is 30.8 Å². The van der Waals surface area contributed by atoms with E-state index in [2.05, 4.69) is 42.8 Å². The predicted octanol–water partition coefficient (Wildman–Crippen LogP) is 2.00. The molecule has 23 heavy (non-hydrogen) atoms. The van der Waals surface area contributed by atoms with Crippen LogP contribution in [0.5, 0.6) is 0 Å². The molecule has 2 fully saturated rings. The van der Waals surface area contributed by atoms with Crippen LogP contribution in [0.3, 0.4) is 0 Å². The Hall–Kier alpha value is -1.95. The fourth-order valence-electron chi connectivity index (χ4n) is 4.13. The first-order chi connectivity index (χ1) is 11.1. The first-order valence-electron chi connectivity index (χ1n) is 8.36. The maximum absolute atomic E-state index is 4.41. The monoisotopic (exact) mass is 312 g/mol. The molecule has 1 spiro atoms. The van der Waals surface area contributed by atoms with Gasteiger partial charge in [-0.25, -0.2) is 15.0 Å². The van der Waals surface area contributed by atoms with Gasteiger partial charge in [-0.05, 0) is 38.1 Å². The van der Waals surface area contributed by atoms with E-state index in [-0.39, 0.29) is 0 Å². The molecule has 0 unspecified atom stereocenters. The molecule has 1 aliphatic heterocycles. The highest BCUT2D eigenvalue weighted by Crippen LogP contribution is 2.50. The van der Waals surface area contributed by atoms with Crippen LogP contribution in [0, 0.1) is 12.3 Å². The number of H-pyrrole nitrogens is 1. The largest absolute Gasteiger partial charge is 0.357 e. The van der Waals surface area contributed by atoms with Gasteiger partial charge >= 0.3 is 0 Å². The zero-order chi connectivity index (χ0) is 15.9. The van der Waals surface area contributed by atoms with Crippen molar-refractivity contribution in [3.63, 3.8) is 0 Å². The molecule has 0 bridgehead atoms. The number of aromatic nitrogens is 4. The number of hydrogen-bond acceptors (Lipinski definition) is 5. The number of nitrogens with zero attached hydrogens (tertiary/aromatic N) is 5. The Balaban J connectivity index is 1.34. The van der Waals surface area contributed by atoms with E-state index in [4.69, 9.17) is 0 Å². The van der Waals surface area contributed by atoms with Crippen molar-refractivity contribution in [1.29, 1.82) is 0 Å². The minimum absolute atomic E-state index is 0.508. The number of aryl methyl sites for hydroxylation is 1. The first kappa shape index (κ1) is 14.6. The molecule has 1 aliphatic carbocycles. The van der Waals surface area contributed by atoms with E-state index in [1.807, 2.05) is 19.3 Å². The van der Waals surface area contributed by atoms with Crippen molar-refractivity contribution >= 4 is 5.82 Å². The zero-order valence-corrected chi connectivity index (χ0v) is 13.9. The highest BCUT2D eigenvalue weighted by Gasteiger charge is 2.49. The Bertz CT molecular complexity index is 661. The van der Waals surface area contributed by atoms with Crippen molar-refractivity contribution in [3.05, 3.63) is 36.3 Å². The van der Waals surface area contributed by atoms with Gasteiger partial charge in [-0.1, -0.05) is 0 Å². The molecule has 0 radical (unpaired) electrons. The lowest BCUT2D eigenvalue weighted by Crippen LogP contribution is -2.51. The normalized spacial score (nSPS) is 27.3. The summed E-state index contributed by atoms with van der Waals surface area (Å²) in [6, 6.07) is 2.68. The van der Waals surface area contributed by atoms with Gasteiger partial charge in [0.15, 0.2) is 0 Å². The molecule has 2 aliphatic rings. The summed E-state index contributed by atoms with van der Waals surface area (Å²) < 4.78 is 0. The van der Waals surface area contributed by atoms with Crippen molar-refractivity contribution in [2.45, 2.75) is 38.8 Å². The quantitative estimate of drug-likeness (QED) is 0.935. The number of nitrogens with one attached hydrogen (secondary N) is 1. The van der Waals surface area contributed by atoms with Gasteiger partial charge in [0.1, 0.15) is 18.0 Å². The molecule has 1 saturated heterocycles. The fourth-order valence-corrected chi connectivity index (χ4v) is 4.13. The third kappa shape index (κ3) is 2.83. The Kier molecular flexibility index (Phi) is 3.56. The summed E-state index contributed by atoms with van der Waals surface area (Å²) in [6.45, 7) is 5.34. The Morgan fingerprint density at radius 1 is 1.35 bits per heavy atom. The number of anilines is 1. The van der Waals surface area contributed by atoms with E-state index < -0.39 is 0 Å². The minimum atomic E-state index is 0.508. The molecule has 2 aromatic rings. The van der Waals surface area contributed by atoms with Crippen LogP contribution in [0.15, 0.2) is 24.8 Å². The molecule has 4 rings (SSSR count). The first-order valence-corrected chi connectivity index (χ1v) is 8.36. The van der Waals surface area contributed by atoms with E-state index in [9.17, 15) is 0 Å². The predicted molar refractivity (Wildman–Crippen MR) is 89.1 cm³/mol. The second kappa shape index (κ2) is 5.60. The number of rotatable bonds is 4. The van der Waals surface area contributed by atoms with Crippen molar-refractivity contribution in [1.82, 2.24) is 24.8 Å². The maximum Gasteiger partial charge on any atom is 0.132 e. The summed E-state index contributed by atoms with van der Waals surface area (Å²) in [7, 11) is 2.16. The average Bonchev–Trinajstić information content (AvgIpc) is 3.15. The molecular weight excluding hydrogens is 288 g/mol. The van der Waals surface area contributed by atoms with E-state index in [0.29, 0.717) is 11.5 Å². The lowest BCUT2D eigenvalue weighted by molar-refractivity contribution is 0.106. The highest BCUT2D eigenvalue weighted by molar-refractivity contribution is 5.40. The van der Waals surface area contributed by atoms with Gasteiger partial charge in [-0.3, -0.25) is 4.90 Å². The maximum atomic E-state index is 4.41. The van der Waals surface area contributed by atoms with Gasteiger partial charge in [0, 0.05) is 43.8 Å². The topological polar surface area (TPSA) is 60.9 Å². The van der Waals surface area contributed by atoms with E-state index in [1.54, 1.807) is 6.33 Å². The van der Waals surface area contributed by atoms with Crippen LogP contribution in [-0.2, 0) is 6.54 Å². The molecule has 2 aromatic heterocycles. The second-order valence-electron chi connectivity index (χ2n) is 7.19. The molecule has 6 heteroatoms. The van der Waals surface area contributed by atoms with Crippen molar-refractivity contribution in [2.24, 2.45) is 5.41 Å².